The average molecular weight is 332 g/mol. The number of benzene rings is 1. The van der Waals surface area contributed by atoms with E-state index in [0.29, 0.717) is 15.9 Å². The summed E-state index contributed by atoms with van der Waals surface area (Å²) in [5.74, 6) is 0.621. The fourth-order valence-electron chi connectivity index (χ4n) is 2.59. The van der Waals surface area contributed by atoms with Gasteiger partial charge in [0, 0.05) is 16.3 Å². The van der Waals surface area contributed by atoms with Crippen molar-refractivity contribution in [2.75, 3.05) is 0 Å². The van der Waals surface area contributed by atoms with Crippen molar-refractivity contribution < 1.29 is 0 Å². The standard InChI is InChI=1S/C16H14ClN3OS/c17-13-6-2-1-4-11(13)10-22-16-19-14-7-3-5-12(14)15(21)20(16)9-8-18/h1-2,4,6H,3,5,7,9-10H2. The number of rotatable bonds is 4. The summed E-state index contributed by atoms with van der Waals surface area (Å²) in [6.07, 6.45) is 2.57. The minimum atomic E-state index is -0.0642. The molecule has 0 spiro atoms. The van der Waals surface area contributed by atoms with Crippen molar-refractivity contribution in [2.45, 2.75) is 36.7 Å². The van der Waals surface area contributed by atoms with E-state index in [2.05, 4.69) is 4.98 Å². The largest absolute Gasteiger partial charge is 0.273 e. The molecule has 0 bridgehead atoms. The second-order valence-electron chi connectivity index (χ2n) is 5.10. The van der Waals surface area contributed by atoms with Crippen LogP contribution in [0.25, 0.3) is 0 Å². The van der Waals surface area contributed by atoms with E-state index in [0.717, 1.165) is 36.1 Å². The molecule has 4 nitrogen and oxygen atoms in total. The number of nitriles is 1. The maximum absolute atomic E-state index is 12.5. The lowest BCUT2D eigenvalue weighted by Crippen LogP contribution is -2.26. The summed E-state index contributed by atoms with van der Waals surface area (Å²) in [6, 6.07) is 9.66. The highest BCUT2D eigenvalue weighted by molar-refractivity contribution is 7.98. The third-order valence-corrected chi connectivity index (χ3v) is 5.09. The van der Waals surface area contributed by atoms with E-state index in [1.54, 1.807) is 0 Å². The van der Waals surface area contributed by atoms with Crippen molar-refractivity contribution in [3.05, 3.63) is 56.5 Å². The Bertz CT molecular complexity index is 810. The molecule has 0 radical (unpaired) electrons. The number of hydrogen-bond donors (Lipinski definition) is 0. The summed E-state index contributed by atoms with van der Waals surface area (Å²) in [5, 5.41) is 10.3. The molecule has 0 fully saturated rings. The quantitative estimate of drug-likeness (QED) is 0.637. The molecule has 1 aromatic carbocycles. The minimum Gasteiger partial charge on any atom is -0.273 e. The van der Waals surface area contributed by atoms with Gasteiger partial charge in [-0.1, -0.05) is 41.6 Å². The van der Waals surface area contributed by atoms with E-state index in [1.165, 1.54) is 16.3 Å². The molecule has 2 aromatic rings. The lowest BCUT2D eigenvalue weighted by atomic mass is 10.2. The molecule has 3 rings (SSSR count). The van der Waals surface area contributed by atoms with Crippen LogP contribution < -0.4 is 5.56 Å². The summed E-state index contributed by atoms with van der Waals surface area (Å²) in [4.78, 5) is 17.1. The molecular formula is C16H14ClN3OS. The van der Waals surface area contributed by atoms with Crippen LogP contribution in [0.4, 0.5) is 0 Å². The van der Waals surface area contributed by atoms with Gasteiger partial charge < -0.3 is 0 Å². The van der Waals surface area contributed by atoms with Gasteiger partial charge in [-0.3, -0.25) is 9.36 Å². The van der Waals surface area contributed by atoms with Gasteiger partial charge in [0.2, 0.25) is 0 Å². The monoisotopic (exact) mass is 331 g/mol. The Morgan fingerprint density at radius 1 is 1.36 bits per heavy atom. The topological polar surface area (TPSA) is 58.7 Å². The molecule has 0 saturated heterocycles. The van der Waals surface area contributed by atoms with Gasteiger partial charge >= 0.3 is 0 Å². The molecule has 1 aliphatic rings. The Morgan fingerprint density at radius 3 is 2.95 bits per heavy atom. The molecule has 112 valence electrons. The summed E-state index contributed by atoms with van der Waals surface area (Å²) >= 11 is 7.61. The number of aromatic nitrogens is 2. The maximum Gasteiger partial charge on any atom is 0.258 e. The molecule has 0 amide bonds. The Labute approximate surface area is 137 Å². The fraction of sp³-hybridized carbons (Fsp3) is 0.312. The number of fused-ring (bicyclic) bond motifs is 1. The zero-order chi connectivity index (χ0) is 15.5. The summed E-state index contributed by atoms with van der Waals surface area (Å²) in [5.41, 5.74) is 2.59. The van der Waals surface area contributed by atoms with E-state index in [9.17, 15) is 4.79 Å². The molecule has 1 aliphatic carbocycles. The first kappa shape index (κ1) is 15.1. The van der Waals surface area contributed by atoms with Crippen LogP contribution in [0.3, 0.4) is 0 Å². The van der Waals surface area contributed by atoms with Gasteiger partial charge in [-0.25, -0.2) is 4.98 Å². The van der Waals surface area contributed by atoms with E-state index in [-0.39, 0.29) is 12.1 Å². The van der Waals surface area contributed by atoms with Crippen molar-refractivity contribution in [3.63, 3.8) is 0 Å². The first-order valence-electron chi connectivity index (χ1n) is 7.06. The van der Waals surface area contributed by atoms with Gasteiger partial charge in [-0.05, 0) is 30.9 Å². The summed E-state index contributed by atoms with van der Waals surface area (Å²) in [6.45, 7) is 0.0317. The highest BCUT2D eigenvalue weighted by Crippen LogP contribution is 2.27. The predicted octanol–water partition coefficient (Wildman–Crippen LogP) is 3.20. The molecule has 0 saturated carbocycles. The zero-order valence-electron chi connectivity index (χ0n) is 11.9. The second-order valence-corrected chi connectivity index (χ2v) is 6.45. The summed E-state index contributed by atoms with van der Waals surface area (Å²) < 4.78 is 1.48. The van der Waals surface area contributed by atoms with Crippen molar-refractivity contribution in [1.29, 1.82) is 5.26 Å². The van der Waals surface area contributed by atoms with Gasteiger partial charge in [0.25, 0.3) is 5.56 Å². The number of hydrogen-bond acceptors (Lipinski definition) is 4. The predicted molar refractivity (Wildman–Crippen MR) is 87.1 cm³/mol. The van der Waals surface area contributed by atoms with Crippen molar-refractivity contribution in [2.24, 2.45) is 0 Å². The van der Waals surface area contributed by atoms with Crippen LogP contribution >= 0.6 is 23.4 Å². The third-order valence-electron chi connectivity index (χ3n) is 3.70. The fourth-order valence-corrected chi connectivity index (χ4v) is 3.88. The minimum absolute atomic E-state index is 0.0317. The van der Waals surface area contributed by atoms with Crippen molar-refractivity contribution in [1.82, 2.24) is 9.55 Å². The maximum atomic E-state index is 12.5. The lowest BCUT2D eigenvalue weighted by molar-refractivity contribution is 0.648. The Kier molecular flexibility index (Phi) is 4.51. The Morgan fingerprint density at radius 2 is 2.18 bits per heavy atom. The van der Waals surface area contributed by atoms with Gasteiger partial charge in [0.15, 0.2) is 5.16 Å². The molecule has 22 heavy (non-hydrogen) atoms. The smallest absolute Gasteiger partial charge is 0.258 e. The molecule has 0 atom stereocenters. The van der Waals surface area contributed by atoms with Crippen LogP contribution in [-0.4, -0.2) is 9.55 Å². The van der Waals surface area contributed by atoms with E-state index < -0.39 is 0 Å². The lowest BCUT2D eigenvalue weighted by Gasteiger charge is -2.11. The van der Waals surface area contributed by atoms with E-state index in [4.69, 9.17) is 16.9 Å². The first-order chi connectivity index (χ1) is 10.7. The molecule has 0 unspecified atom stereocenters. The summed E-state index contributed by atoms with van der Waals surface area (Å²) in [7, 11) is 0. The average Bonchev–Trinajstić information content (AvgIpc) is 2.98. The molecule has 0 aliphatic heterocycles. The van der Waals surface area contributed by atoms with Crippen LogP contribution in [0.2, 0.25) is 5.02 Å². The number of halogens is 1. The van der Waals surface area contributed by atoms with Crippen LogP contribution in [0.5, 0.6) is 0 Å². The van der Waals surface area contributed by atoms with Crippen LogP contribution in [0.15, 0.2) is 34.2 Å². The van der Waals surface area contributed by atoms with Crippen molar-refractivity contribution in [3.8, 4) is 6.07 Å². The van der Waals surface area contributed by atoms with E-state index >= 15 is 0 Å². The van der Waals surface area contributed by atoms with E-state index in [1.807, 2.05) is 30.3 Å². The van der Waals surface area contributed by atoms with Gasteiger partial charge in [-0.15, -0.1) is 0 Å². The highest BCUT2D eigenvalue weighted by Gasteiger charge is 2.20. The first-order valence-corrected chi connectivity index (χ1v) is 8.43. The SMILES string of the molecule is N#CCn1c(SCc2ccccc2Cl)nc2c(c1=O)CCC2. The second kappa shape index (κ2) is 6.55. The number of aryl methyl sites for hydroxylation is 1. The normalized spacial score (nSPS) is 12.9. The molecule has 0 N–H and O–H groups in total. The number of thioether (sulfide) groups is 1. The van der Waals surface area contributed by atoms with Gasteiger partial charge in [-0.2, -0.15) is 5.26 Å². The third kappa shape index (κ3) is 2.90. The Hall–Kier alpha value is -1.77. The Balaban J connectivity index is 1.93. The molecular weight excluding hydrogens is 318 g/mol. The van der Waals surface area contributed by atoms with Gasteiger partial charge in [0.05, 0.1) is 11.8 Å². The van der Waals surface area contributed by atoms with Crippen molar-refractivity contribution >= 4 is 23.4 Å². The zero-order valence-corrected chi connectivity index (χ0v) is 13.5. The molecule has 1 heterocycles. The van der Waals surface area contributed by atoms with Gasteiger partial charge in [0.1, 0.15) is 6.54 Å². The number of nitrogens with zero attached hydrogens (tertiary/aromatic N) is 3. The highest BCUT2D eigenvalue weighted by atomic mass is 35.5. The molecule has 6 heteroatoms. The van der Waals surface area contributed by atoms with Crippen LogP contribution in [-0.2, 0) is 25.1 Å². The van der Waals surface area contributed by atoms with Crippen LogP contribution in [0.1, 0.15) is 23.2 Å². The molecule has 1 aromatic heterocycles. The van der Waals surface area contributed by atoms with Crippen LogP contribution in [0, 0.1) is 11.3 Å².